The second kappa shape index (κ2) is 5.31. The molecular weight excluding hydrogens is 218 g/mol. The van der Waals surface area contributed by atoms with Crippen LogP contribution in [0.25, 0.3) is 0 Å². The van der Waals surface area contributed by atoms with E-state index < -0.39 is 0 Å². The van der Waals surface area contributed by atoms with Gasteiger partial charge < -0.3 is 10.0 Å². The third kappa shape index (κ3) is 3.30. The zero-order chi connectivity index (χ0) is 12.3. The predicted octanol–water partition coefficient (Wildman–Crippen LogP) is 0.565. The van der Waals surface area contributed by atoms with Crippen molar-refractivity contribution in [1.29, 1.82) is 0 Å². The minimum absolute atomic E-state index is 0.108. The fourth-order valence-electron chi connectivity index (χ4n) is 2.14. The summed E-state index contributed by atoms with van der Waals surface area (Å²) in [6, 6.07) is 0. The molecule has 0 aromatic carbocycles. The summed E-state index contributed by atoms with van der Waals surface area (Å²) in [5.41, 5.74) is 1.10. The zero-order valence-electron chi connectivity index (χ0n) is 10.2. The Morgan fingerprint density at radius 1 is 1.65 bits per heavy atom. The molecule has 0 spiro atoms. The number of piperidine rings is 1. The summed E-state index contributed by atoms with van der Waals surface area (Å²) in [7, 11) is 0. The normalized spacial score (nSPS) is 20.6. The van der Waals surface area contributed by atoms with Crippen molar-refractivity contribution in [3.63, 3.8) is 0 Å². The highest BCUT2D eigenvalue weighted by atomic mass is 16.3. The van der Waals surface area contributed by atoms with Crippen LogP contribution in [-0.2, 0) is 11.3 Å². The van der Waals surface area contributed by atoms with Gasteiger partial charge in [-0.05, 0) is 25.3 Å². The molecule has 1 aliphatic rings. The summed E-state index contributed by atoms with van der Waals surface area (Å²) in [5, 5.41) is 13.6. The maximum absolute atomic E-state index is 11.9. The fraction of sp³-hybridized carbons (Fsp3) is 0.667. The first-order chi connectivity index (χ1) is 8.15. The maximum Gasteiger partial charge on any atom is 0.224 e. The van der Waals surface area contributed by atoms with Crippen LogP contribution in [-0.4, -0.2) is 44.9 Å². The van der Waals surface area contributed by atoms with Gasteiger partial charge in [0, 0.05) is 32.3 Å². The highest BCUT2D eigenvalue weighted by Crippen LogP contribution is 2.11. The molecule has 0 bridgehead atoms. The van der Waals surface area contributed by atoms with Gasteiger partial charge in [0.2, 0.25) is 5.91 Å². The molecule has 94 valence electrons. The minimum atomic E-state index is -0.348. The standard InChI is InChI=1S/C12H19N3O2/c1-10-7-13-15(8-10)6-4-12(17)14-5-2-3-11(16)9-14/h7-8,11,16H,2-6,9H2,1H3. The van der Waals surface area contributed by atoms with Gasteiger partial charge in [-0.2, -0.15) is 5.10 Å². The van der Waals surface area contributed by atoms with Gasteiger partial charge in [-0.3, -0.25) is 9.48 Å². The highest BCUT2D eigenvalue weighted by Gasteiger charge is 2.21. The van der Waals surface area contributed by atoms with Crippen LogP contribution in [0.1, 0.15) is 24.8 Å². The Hall–Kier alpha value is -1.36. The topological polar surface area (TPSA) is 58.4 Å². The molecule has 2 heterocycles. The van der Waals surface area contributed by atoms with E-state index in [9.17, 15) is 9.90 Å². The van der Waals surface area contributed by atoms with Crippen molar-refractivity contribution >= 4 is 5.91 Å². The van der Waals surface area contributed by atoms with Gasteiger partial charge >= 0.3 is 0 Å². The third-order valence-corrected chi connectivity index (χ3v) is 3.07. The summed E-state index contributed by atoms with van der Waals surface area (Å²) in [5.74, 6) is 0.108. The van der Waals surface area contributed by atoms with Gasteiger partial charge in [0.15, 0.2) is 0 Å². The summed E-state index contributed by atoms with van der Waals surface area (Å²) in [4.78, 5) is 13.7. The number of aliphatic hydroxyl groups is 1. The average molecular weight is 237 g/mol. The molecule has 1 aromatic heterocycles. The Bertz CT molecular complexity index is 389. The van der Waals surface area contributed by atoms with Gasteiger partial charge in [0.05, 0.1) is 12.3 Å². The first-order valence-corrected chi connectivity index (χ1v) is 6.10. The predicted molar refractivity (Wildman–Crippen MR) is 63.4 cm³/mol. The van der Waals surface area contributed by atoms with Crippen LogP contribution in [0.4, 0.5) is 0 Å². The van der Waals surface area contributed by atoms with Gasteiger partial charge in [-0.15, -0.1) is 0 Å². The Morgan fingerprint density at radius 2 is 2.47 bits per heavy atom. The molecule has 1 saturated heterocycles. The van der Waals surface area contributed by atoms with E-state index in [2.05, 4.69) is 5.10 Å². The minimum Gasteiger partial charge on any atom is -0.391 e. The van der Waals surface area contributed by atoms with Crippen molar-refractivity contribution in [1.82, 2.24) is 14.7 Å². The molecule has 5 nitrogen and oxygen atoms in total. The molecule has 0 aliphatic carbocycles. The first-order valence-electron chi connectivity index (χ1n) is 6.10. The Kier molecular flexibility index (Phi) is 3.78. The molecule has 1 fully saturated rings. The lowest BCUT2D eigenvalue weighted by Gasteiger charge is -2.30. The molecule has 1 unspecified atom stereocenters. The maximum atomic E-state index is 11.9. The number of aromatic nitrogens is 2. The van der Waals surface area contributed by atoms with E-state index in [0.717, 1.165) is 24.9 Å². The summed E-state index contributed by atoms with van der Waals surface area (Å²) < 4.78 is 1.79. The van der Waals surface area contributed by atoms with Gasteiger partial charge in [0.25, 0.3) is 0 Å². The number of hydrogen-bond donors (Lipinski definition) is 1. The van der Waals surface area contributed by atoms with Crippen LogP contribution in [0.5, 0.6) is 0 Å². The number of amides is 1. The molecule has 1 atom stereocenters. The number of nitrogens with zero attached hydrogens (tertiary/aromatic N) is 3. The number of carbonyl (C=O) groups excluding carboxylic acids is 1. The number of rotatable bonds is 3. The number of β-amino-alcohol motifs (C(OH)–C–C–N with tert-alkyl or cyclic N) is 1. The second-order valence-electron chi connectivity index (χ2n) is 4.67. The first kappa shape index (κ1) is 12.1. The van der Waals surface area contributed by atoms with Crippen molar-refractivity contribution in [3.8, 4) is 0 Å². The van der Waals surface area contributed by atoms with Crippen molar-refractivity contribution < 1.29 is 9.90 Å². The van der Waals surface area contributed by atoms with E-state index in [-0.39, 0.29) is 12.0 Å². The van der Waals surface area contributed by atoms with Crippen LogP contribution < -0.4 is 0 Å². The van der Waals surface area contributed by atoms with Crippen molar-refractivity contribution in [2.45, 2.75) is 38.8 Å². The molecule has 0 saturated carbocycles. The fourth-order valence-corrected chi connectivity index (χ4v) is 2.14. The number of aliphatic hydroxyl groups excluding tert-OH is 1. The van der Waals surface area contributed by atoms with Crippen LogP contribution >= 0.6 is 0 Å². The average Bonchev–Trinajstić information content (AvgIpc) is 2.72. The summed E-state index contributed by atoms with van der Waals surface area (Å²) in [6.07, 6.45) is 5.52. The molecule has 1 aliphatic heterocycles. The van der Waals surface area contributed by atoms with Gasteiger partial charge in [0.1, 0.15) is 0 Å². The Balaban J connectivity index is 1.80. The van der Waals surface area contributed by atoms with Gasteiger partial charge in [-0.1, -0.05) is 0 Å². The second-order valence-corrected chi connectivity index (χ2v) is 4.67. The highest BCUT2D eigenvalue weighted by molar-refractivity contribution is 5.76. The number of aryl methyl sites for hydroxylation is 2. The van der Waals surface area contributed by atoms with Crippen LogP contribution in [0.2, 0.25) is 0 Å². The molecule has 1 amide bonds. The van der Waals surface area contributed by atoms with E-state index in [4.69, 9.17) is 0 Å². The molecule has 1 N–H and O–H groups in total. The molecular formula is C12H19N3O2. The number of hydrogen-bond acceptors (Lipinski definition) is 3. The van der Waals surface area contributed by atoms with Crippen LogP contribution in [0, 0.1) is 6.92 Å². The SMILES string of the molecule is Cc1cnn(CCC(=O)N2CCCC(O)C2)c1. The molecule has 17 heavy (non-hydrogen) atoms. The zero-order valence-corrected chi connectivity index (χ0v) is 10.2. The quantitative estimate of drug-likeness (QED) is 0.836. The van der Waals surface area contributed by atoms with E-state index >= 15 is 0 Å². The van der Waals surface area contributed by atoms with Crippen LogP contribution in [0.15, 0.2) is 12.4 Å². The lowest BCUT2D eigenvalue weighted by Crippen LogP contribution is -2.42. The lowest BCUT2D eigenvalue weighted by molar-refractivity contribution is -0.134. The van der Waals surface area contributed by atoms with Gasteiger partial charge in [-0.25, -0.2) is 0 Å². The Labute approximate surface area is 101 Å². The van der Waals surface area contributed by atoms with Crippen molar-refractivity contribution in [3.05, 3.63) is 18.0 Å². The molecule has 2 rings (SSSR count). The van der Waals surface area contributed by atoms with Crippen molar-refractivity contribution in [2.75, 3.05) is 13.1 Å². The van der Waals surface area contributed by atoms with E-state index in [0.29, 0.717) is 19.5 Å². The monoisotopic (exact) mass is 237 g/mol. The number of likely N-dealkylation sites (tertiary alicyclic amines) is 1. The van der Waals surface area contributed by atoms with Crippen molar-refractivity contribution in [2.24, 2.45) is 0 Å². The largest absolute Gasteiger partial charge is 0.391 e. The Morgan fingerprint density at radius 3 is 3.12 bits per heavy atom. The van der Waals surface area contributed by atoms with E-state index in [1.54, 1.807) is 15.8 Å². The van der Waals surface area contributed by atoms with E-state index in [1.165, 1.54) is 0 Å². The van der Waals surface area contributed by atoms with E-state index in [1.807, 2.05) is 13.1 Å². The molecule has 5 heteroatoms. The molecule has 0 radical (unpaired) electrons. The number of carbonyl (C=O) groups is 1. The lowest BCUT2D eigenvalue weighted by atomic mass is 10.1. The molecule has 1 aromatic rings. The summed E-state index contributed by atoms with van der Waals surface area (Å²) >= 11 is 0. The van der Waals surface area contributed by atoms with Crippen LogP contribution in [0.3, 0.4) is 0 Å². The summed E-state index contributed by atoms with van der Waals surface area (Å²) in [6.45, 7) is 3.84. The third-order valence-electron chi connectivity index (χ3n) is 3.07. The smallest absolute Gasteiger partial charge is 0.224 e.